The van der Waals surface area contributed by atoms with Gasteiger partial charge in [0.15, 0.2) is 5.57 Å². The third kappa shape index (κ3) is 4.34. The molecule has 1 aliphatic rings. The molecule has 0 unspecified atom stereocenters. The lowest BCUT2D eigenvalue weighted by Gasteiger charge is -2.29. The van der Waals surface area contributed by atoms with Crippen molar-refractivity contribution in [3.05, 3.63) is 41.6 Å². The molecule has 1 aromatic rings. The Morgan fingerprint density at radius 3 is 2.50 bits per heavy atom. The van der Waals surface area contributed by atoms with E-state index in [0.717, 1.165) is 6.42 Å². The molecule has 0 aromatic heterocycles. The van der Waals surface area contributed by atoms with Crippen molar-refractivity contribution in [1.82, 2.24) is 5.32 Å². The third-order valence-corrected chi connectivity index (χ3v) is 3.16. The smallest absolute Gasteiger partial charge is 0.350 e. The predicted octanol–water partition coefficient (Wildman–Crippen LogP) is 1.96. The summed E-state index contributed by atoms with van der Waals surface area (Å²) >= 11 is 0. The first-order valence-electron chi connectivity index (χ1n) is 7.64. The van der Waals surface area contributed by atoms with Crippen LogP contribution in [-0.2, 0) is 19.1 Å². The minimum atomic E-state index is -1.28. The fraction of sp³-hybridized carbons (Fsp3) is 0.353. The van der Waals surface area contributed by atoms with Crippen molar-refractivity contribution in [1.29, 1.82) is 0 Å². The second-order valence-electron chi connectivity index (χ2n) is 5.72. The molecule has 7 heteroatoms. The molecule has 1 saturated heterocycles. The van der Waals surface area contributed by atoms with E-state index in [0.29, 0.717) is 17.8 Å². The number of carbonyl (C=O) groups excluding carboxylic acids is 3. The Bertz CT molecular complexity index is 672. The van der Waals surface area contributed by atoms with E-state index < -0.39 is 17.7 Å². The lowest BCUT2D eigenvalue weighted by Crippen LogP contribution is -2.42. The summed E-state index contributed by atoms with van der Waals surface area (Å²) in [6, 6.07) is 6.69. The number of esters is 2. The molecule has 0 aliphatic carbocycles. The predicted molar refractivity (Wildman–Crippen MR) is 87.0 cm³/mol. The summed E-state index contributed by atoms with van der Waals surface area (Å²) in [4.78, 5) is 35.6. The van der Waals surface area contributed by atoms with Gasteiger partial charge in [0.1, 0.15) is 0 Å². The van der Waals surface area contributed by atoms with Gasteiger partial charge in [0.2, 0.25) is 0 Å². The van der Waals surface area contributed by atoms with Crippen molar-refractivity contribution >= 4 is 23.5 Å². The van der Waals surface area contributed by atoms with Gasteiger partial charge in [-0.15, -0.1) is 0 Å². The summed E-state index contributed by atoms with van der Waals surface area (Å²) in [6.45, 7) is 5.51. The molecule has 1 heterocycles. The second-order valence-corrected chi connectivity index (χ2v) is 5.72. The second kappa shape index (κ2) is 7.16. The lowest BCUT2D eigenvalue weighted by molar-refractivity contribution is -0.222. The maximum absolute atomic E-state index is 11.9. The zero-order valence-electron chi connectivity index (χ0n) is 13.8. The Morgan fingerprint density at radius 2 is 1.88 bits per heavy atom. The molecule has 128 valence electrons. The van der Waals surface area contributed by atoms with Gasteiger partial charge in [0, 0.05) is 37.8 Å². The highest BCUT2D eigenvalue weighted by Gasteiger charge is 2.38. The van der Waals surface area contributed by atoms with Crippen LogP contribution in [0.5, 0.6) is 0 Å². The maximum atomic E-state index is 11.9. The van der Waals surface area contributed by atoms with Gasteiger partial charge < -0.3 is 20.1 Å². The molecule has 0 atom stereocenters. The third-order valence-electron chi connectivity index (χ3n) is 3.16. The lowest BCUT2D eigenvalue weighted by atomic mass is 10.2. The zero-order chi connectivity index (χ0) is 17.7. The topological polar surface area (TPSA) is 93.7 Å². The standard InChI is InChI=1S/C17H20N2O5/c1-4-8-18-14(20)11-6-5-7-12(9-11)19-10-13-15(21)23-17(2,3)24-16(13)22/h5-7,9-10,19H,4,8H2,1-3H3,(H,18,20). The minimum Gasteiger partial charge on any atom is -0.419 e. The van der Waals surface area contributed by atoms with Crippen LogP contribution in [0.25, 0.3) is 0 Å². The van der Waals surface area contributed by atoms with Crippen molar-refractivity contribution in [2.24, 2.45) is 0 Å². The van der Waals surface area contributed by atoms with E-state index in [2.05, 4.69) is 10.6 Å². The van der Waals surface area contributed by atoms with Crippen LogP contribution in [0.4, 0.5) is 5.69 Å². The highest BCUT2D eigenvalue weighted by Crippen LogP contribution is 2.22. The van der Waals surface area contributed by atoms with Crippen LogP contribution in [0.1, 0.15) is 37.6 Å². The van der Waals surface area contributed by atoms with E-state index >= 15 is 0 Å². The number of benzene rings is 1. The van der Waals surface area contributed by atoms with Gasteiger partial charge in [0.25, 0.3) is 11.7 Å². The molecule has 7 nitrogen and oxygen atoms in total. The normalized spacial score (nSPS) is 16.0. The van der Waals surface area contributed by atoms with Crippen LogP contribution in [0.3, 0.4) is 0 Å². The molecule has 2 rings (SSSR count). The van der Waals surface area contributed by atoms with Crippen LogP contribution in [0, 0.1) is 0 Å². The van der Waals surface area contributed by atoms with Crippen LogP contribution in [-0.4, -0.2) is 30.2 Å². The molecular formula is C17H20N2O5. The number of rotatable bonds is 5. The Hall–Kier alpha value is -2.83. The minimum absolute atomic E-state index is 0.189. The van der Waals surface area contributed by atoms with Gasteiger partial charge in [-0.25, -0.2) is 9.59 Å². The number of carbonyl (C=O) groups is 3. The SMILES string of the molecule is CCCNC(=O)c1cccc(NC=C2C(=O)OC(C)(C)OC2=O)c1. The van der Waals surface area contributed by atoms with Crippen molar-refractivity contribution < 1.29 is 23.9 Å². The number of hydrogen-bond acceptors (Lipinski definition) is 6. The molecule has 1 amide bonds. The number of cyclic esters (lactones) is 2. The van der Waals surface area contributed by atoms with Crippen molar-refractivity contribution in [3.63, 3.8) is 0 Å². The quantitative estimate of drug-likeness (QED) is 0.486. The zero-order valence-corrected chi connectivity index (χ0v) is 13.8. The summed E-state index contributed by atoms with van der Waals surface area (Å²) in [5.41, 5.74) is 0.786. The van der Waals surface area contributed by atoms with Crippen LogP contribution < -0.4 is 10.6 Å². The Morgan fingerprint density at radius 1 is 1.21 bits per heavy atom. The van der Waals surface area contributed by atoms with Crippen molar-refractivity contribution in [2.75, 3.05) is 11.9 Å². The maximum Gasteiger partial charge on any atom is 0.350 e. The fourth-order valence-electron chi connectivity index (χ4n) is 2.02. The van der Waals surface area contributed by atoms with E-state index in [1.54, 1.807) is 24.3 Å². The molecule has 0 radical (unpaired) electrons. The first kappa shape index (κ1) is 17.5. The Labute approximate surface area is 140 Å². The van der Waals surface area contributed by atoms with E-state index in [1.807, 2.05) is 6.92 Å². The van der Waals surface area contributed by atoms with E-state index in [-0.39, 0.29) is 11.5 Å². The fourth-order valence-corrected chi connectivity index (χ4v) is 2.02. The molecular weight excluding hydrogens is 312 g/mol. The number of ether oxygens (including phenoxy) is 2. The summed E-state index contributed by atoms with van der Waals surface area (Å²) in [5.74, 6) is -2.99. The van der Waals surface area contributed by atoms with Crippen LogP contribution in [0.15, 0.2) is 36.0 Å². The van der Waals surface area contributed by atoms with Gasteiger partial charge >= 0.3 is 11.9 Å². The highest BCUT2D eigenvalue weighted by molar-refractivity contribution is 6.15. The van der Waals surface area contributed by atoms with E-state index in [4.69, 9.17) is 9.47 Å². The van der Waals surface area contributed by atoms with Gasteiger partial charge in [0.05, 0.1) is 0 Å². The monoisotopic (exact) mass is 332 g/mol. The van der Waals surface area contributed by atoms with Crippen molar-refractivity contribution in [2.45, 2.75) is 33.0 Å². The molecule has 0 saturated carbocycles. The molecule has 24 heavy (non-hydrogen) atoms. The van der Waals surface area contributed by atoms with E-state index in [1.165, 1.54) is 20.0 Å². The molecule has 0 bridgehead atoms. The van der Waals surface area contributed by atoms with Crippen LogP contribution >= 0.6 is 0 Å². The van der Waals surface area contributed by atoms with Crippen LogP contribution in [0.2, 0.25) is 0 Å². The number of nitrogens with one attached hydrogen (secondary N) is 2. The van der Waals surface area contributed by atoms with Gasteiger partial charge in [-0.3, -0.25) is 4.79 Å². The largest absolute Gasteiger partial charge is 0.419 e. The Balaban J connectivity index is 2.10. The number of hydrogen-bond donors (Lipinski definition) is 2. The highest BCUT2D eigenvalue weighted by atomic mass is 16.7. The average molecular weight is 332 g/mol. The first-order valence-corrected chi connectivity index (χ1v) is 7.64. The number of anilines is 1. The molecule has 1 aromatic carbocycles. The molecule has 2 N–H and O–H groups in total. The Kier molecular flexibility index (Phi) is 5.23. The van der Waals surface area contributed by atoms with Crippen molar-refractivity contribution in [3.8, 4) is 0 Å². The number of amides is 1. The summed E-state index contributed by atoms with van der Waals surface area (Å²) in [6.07, 6.45) is 2.05. The summed E-state index contributed by atoms with van der Waals surface area (Å²) < 4.78 is 9.99. The van der Waals surface area contributed by atoms with Gasteiger partial charge in [-0.1, -0.05) is 13.0 Å². The summed E-state index contributed by atoms with van der Waals surface area (Å²) in [7, 11) is 0. The average Bonchev–Trinajstić information content (AvgIpc) is 2.51. The molecule has 0 spiro atoms. The summed E-state index contributed by atoms with van der Waals surface area (Å²) in [5, 5.41) is 5.58. The molecule has 1 fully saturated rings. The van der Waals surface area contributed by atoms with E-state index in [9.17, 15) is 14.4 Å². The molecule has 1 aliphatic heterocycles. The first-order chi connectivity index (χ1) is 11.3. The van der Waals surface area contributed by atoms with Gasteiger partial charge in [-0.2, -0.15) is 0 Å². The van der Waals surface area contributed by atoms with Gasteiger partial charge in [-0.05, 0) is 24.6 Å².